The number of nitrogens with one attached hydrogen (secondary N) is 1. The number of carbonyl (C=O) groups is 2. The van der Waals surface area contributed by atoms with Gasteiger partial charge in [0.2, 0.25) is 5.91 Å². The molecule has 27 heavy (non-hydrogen) atoms. The summed E-state index contributed by atoms with van der Waals surface area (Å²) in [6.07, 6.45) is 0. The van der Waals surface area contributed by atoms with Gasteiger partial charge in [-0.05, 0) is 18.4 Å². The number of nitro groups is 1. The van der Waals surface area contributed by atoms with E-state index in [9.17, 15) is 19.7 Å². The molecule has 1 aromatic heterocycles. The van der Waals surface area contributed by atoms with Crippen molar-refractivity contribution in [2.45, 2.75) is 33.1 Å². The van der Waals surface area contributed by atoms with Gasteiger partial charge in [0.1, 0.15) is 5.76 Å². The zero-order valence-corrected chi connectivity index (χ0v) is 15.9. The number of likely N-dealkylation sites (N-methyl/N-ethyl adjacent to an activating group) is 1. The molecule has 0 saturated carbocycles. The molecule has 0 unspecified atom stereocenters. The third-order valence-electron chi connectivity index (χ3n) is 3.87. The van der Waals surface area contributed by atoms with E-state index in [2.05, 4.69) is 10.5 Å². The van der Waals surface area contributed by atoms with Crippen molar-refractivity contribution in [2.24, 2.45) is 0 Å². The molecule has 2 aromatic rings. The van der Waals surface area contributed by atoms with E-state index in [0.717, 1.165) is 0 Å². The van der Waals surface area contributed by atoms with E-state index in [1.54, 1.807) is 19.1 Å². The maximum absolute atomic E-state index is 12.6. The highest BCUT2D eigenvalue weighted by Gasteiger charge is 2.27. The Bertz CT molecular complexity index is 882. The molecular weight excluding hydrogens is 352 g/mol. The fourth-order valence-corrected chi connectivity index (χ4v) is 2.57. The number of aryl methyl sites for hydroxylation is 1. The Morgan fingerprint density at radius 2 is 1.96 bits per heavy atom. The van der Waals surface area contributed by atoms with Crippen LogP contribution < -0.4 is 5.32 Å². The molecule has 0 aliphatic rings. The number of hydrogen-bond acceptors (Lipinski definition) is 6. The largest absolute Gasteiger partial charge is 0.360 e. The predicted octanol–water partition coefficient (Wildman–Crippen LogP) is 2.90. The summed E-state index contributed by atoms with van der Waals surface area (Å²) in [6.45, 7) is 7.03. The van der Waals surface area contributed by atoms with E-state index < -0.39 is 22.2 Å². The number of anilines is 1. The molecule has 0 aliphatic carbocycles. The molecule has 9 nitrogen and oxygen atoms in total. The van der Waals surface area contributed by atoms with E-state index in [-0.39, 0.29) is 23.6 Å². The van der Waals surface area contributed by atoms with Gasteiger partial charge in [-0.3, -0.25) is 19.7 Å². The maximum Gasteiger partial charge on any atom is 0.273 e. The molecule has 1 aromatic carbocycles. The average molecular weight is 374 g/mol. The second-order valence-corrected chi connectivity index (χ2v) is 7.27. The molecule has 0 bridgehead atoms. The van der Waals surface area contributed by atoms with E-state index >= 15 is 0 Å². The summed E-state index contributed by atoms with van der Waals surface area (Å²) in [7, 11) is 1.44. The number of hydrogen-bond donors (Lipinski definition) is 1. The third-order valence-corrected chi connectivity index (χ3v) is 3.87. The lowest BCUT2D eigenvalue weighted by atomic mass is 9.85. The maximum atomic E-state index is 12.6. The SMILES string of the molecule is Cc1cc(NC(=O)CN(C)C(=O)c2ccc(C(C)(C)C)c([N+](=O)[O-])c2)no1. The zero-order chi connectivity index (χ0) is 20.4. The first-order valence-corrected chi connectivity index (χ1v) is 8.26. The molecule has 0 atom stereocenters. The van der Waals surface area contributed by atoms with Crippen molar-refractivity contribution >= 4 is 23.3 Å². The van der Waals surface area contributed by atoms with Gasteiger partial charge in [0.15, 0.2) is 5.82 Å². The molecule has 2 rings (SSSR count). The van der Waals surface area contributed by atoms with Crippen LogP contribution in [-0.2, 0) is 10.2 Å². The first kappa shape index (κ1) is 20.1. The van der Waals surface area contributed by atoms with Gasteiger partial charge in [0, 0.05) is 30.3 Å². The first-order chi connectivity index (χ1) is 12.5. The van der Waals surface area contributed by atoms with Crippen molar-refractivity contribution in [3.8, 4) is 0 Å². The standard InChI is InChI=1S/C18H22N4O5/c1-11-8-15(20-27-11)19-16(23)10-21(5)17(24)12-6-7-13(18(2,3)4)14(9-12)22(25)26/h6-9H,10H2,1-5H3,(H,19,20,23). The lowest BCUT2D eigenvalue weighted by molar-refractivity contribution is -0.386. The topological polar surface area (TPSA) is 119 Å². The second-order valence-electron chi connectivity index (χ2n) is 7.27. The fraction of sp³-hybridized carbons (Fsp3) is 0.389. The molecule has 1 N–H and O–H groups in total. The predicted molar refractivity (Wildman–Crippen MR) is 98.6 cm³/mol. The van der Waals surface area contributed by atoms with Crippen LogP contribution in [0.5, 0.6) is 0 Å². The summed E-state index contributed by atoms with van der Waals surface area (Å²) in [5.41, 5.74) is 0.114. The number of rotatable bonds is 5. The highest BCUT2D eigenvalue weighted by atomic mass is 16.6. The van der Waals surface area contributed by atoms with Crippen LogP contribution in [0, 0.1) is 17.0 Å². The van der Waals surface area contributed by atoms with Crippen LogP contribution >= 0.6 is 0 Å². The quantitative estimate of drug-likeness (QED) is 0.635. The monoisotopic (exact) mass is 374 g/mol. The van der Waals surface area contributed by atoms with Crippen molar-refractivity contribution in [3.05, 3.63) is 51.3 Å². The van der Waals surface area contributed by atoms with E-state index in [1.165, 1.54) is 24.1 Å². The molecule has 2 amide bonds. The van der Waals surface area contributed by atoms with Crippen LogP contribution in [0.4, 0.5) is 11.5 Å². The van der Waals surface area contributed by atoms with Crippen LogP contribution in [0.1, 0.15) is 42.5 Å². The normalized spacial score (nSPS) is 11.1. The molecule has 0 aliphatic heterocycles. The van der Waals surface area contributed by atoms with Crippen molar-refractivity contribution in [3.63, 3.8) is 0 Å². The van der Waals surface area contributed by atoms with Gasteiger partial charge in [-0.2, -0.15) is 0 Å². The highest BCUT2D eigenvalue weighted by molar-refractivity contribution is 5.99. The summed E-state index contributed by atoms with van der Waals surface area (Å²) < 4.78 is 4.85. The summed E-state index contributed by atoms with van der Waals surface area (Å²) in [5, 5.41) is 17.6. The van der Waals surface area contributed by atoms with Crippen LogP contribution in [-0.4, -0.2) is 40.4 Å². The zero-order valence-electron chi connectivity index (χ0n) is 15.9. The Morgan fingerprint density at radius 1 is 1.30 bits per heavy atom. The summed E-state index contributed by atoms with van der Waals surface area (Å²) in [5.74, 6) is -0.158. The summed E-state index contributed by atoms with van der Waals surface area (Å²) in [4.78, 5) is 36.7. The molecule has 0 fully saturated rings. The van der Waals surface area contributed by atoms with E-state index in [4.69, 9.17) is 4.52 Å². The minimum absolute atomic E-state index is 0.121. The Hall–Kier alpha value is -3.23. The number of nitrogens with zero attached hydrogens (tertiary/aromatic N) is 3. The van der Waals surface area contributed by atoms with E-state index in [0.29, 0.717) is 11.3 Å². The molecule has 9 heteroatoms. The lowest BCUT2D eigenvalue weighted by Gasteiger charge is -2.20. The summed E-state index contributed by atoms with van der Waals surface area (Å²) >= 11 is 0. The molecule has 0 radical (unpaired) electrons. The number of carbonyl (C=O) groups excluding carboxylic acids is 2. The van der Waals surface area contributed by atoms with Crippen LogP contribution in [0.2, 0.25) is 0 Å². The van der Waals surface area contributed by atoms with Gasteiger partial charge in [-0.1, -0.05) is 32.0 Å². The third kappa shape index (κ3) is 4.90. The van der Waals surface area contributed by atoms with Gasteiger partial charge >= 0.3 is 0 Å². The molecule has 144 valence electrons. The van der Waals surface area contributed by atoms with Crippen molar-refractivity contribution < 1.29 is 19.0 Å². The van der Waals surface area contributed by atoms with Gasteiger partial charge in [-0.25, -0.2) is 0 Å². The average Bonchev–Trinajstić information content (AvgIpc) is 2.97. The minimum atomic E-state index is -0.503. The molecule has 1 heterocycles. The first-order valence-electron chi connectivity index (χ1n) is 8.26. The van der Waals surface area contributed by atoms with Crippen molar-refractivity contribution in [2.75, 3.05) is 18.9 Å². The Labute approximate surface area is 156 Å². The Kier molecular flexibility index (Phi) is 5.63. The van der Waals surface area contributed by atoms with Gasteiger partial charge in [-0.15, -0.1) is 0 Å². The van der Waals surface area contributed by atoms with Gasteiger partial charge in [0.05, 0.1) is 11.5 Å². The molecule has 0 saturated heterocycles. The van der Waals surface area contributed by atoms with E-state index in [1.807, 2.05) is 20.8 Å². The minimum Gasteiger partial charge on any atom is -0.360 e. The summed E-state index contributed by atoms with van der Waals surface area (Å²) in [6, 6.07) is 5.91. The number of amides is 2. The number of benzene rings is 1. The van der Waals surface area contributed by atoms with Gasteiger partial charge in [0.25, 0.3) is 11.6 Å². The lowest BCUT2D eigenvalue weighted by Crippen LogP contribution is -2.35. The number of nitro benzene ring substituents is 1. The van der Waals surface area contributed by atoms with Crippen LogP contribution in [0.15, 0.2) is 28.8 Å². The second kappa shape index (κ2) is 7.56. The fourth-order valence-electron chi connectivity index (χ4n) is 2.57. The van der Waals surface area contributed by atoms with Crippen LogP contribution in [0.25, 0.3) is 0 Å². The number of aromatic nitrogens is 1. The molecular formula is C18H22N4O5. The Balaban J connectivity index is 2.15. The van der Waals surface area contributed by atoms with Crippen molar-refractivity contribution in [1.82, 2.24) is 10.1 Å². The molecule has 0 spiro atoms. The highest BCUT2D eigenvalue weighted by Crippen LogP contribution is 2.32. The van der Waals surface area contributed by atoms with Crippen LogP contribution in [0.3, 0.4) is 0 Å². The smallest absolute Gasteiger partial charge is 0.273 e. The van der Waals surface area contributed by atoms with Crippen molar-refractivity contribution in [1.29, 1.82) is 0 Å². The van der Waals surface area contributed by atoms with Gasteiger partial charge < -0.3 is 14.7 Å². The Morgan fingerprint density at radius 3 is 2.48 bits per heavy atom.